The zero-order chi connectivity index (χ0) is 15.9. The first-order valence-electron chi connectivity index (χ1n) is 6.40. The number of carbonyl (C=O) groups excluding carboxylic acids is 1. The van der Waals surface area contributed by atoms with Crippen LogP contribution in [0.5, 0.6) is 5.75 Å². The van der Waals surface area contributed by atoms with E-state index in [0.717, 1.165) is 5.56 Å². The van der Waals surface area contributed by atoms with Crippen LogP contribution in [-0.4, -0.2) is 17.4 Å². The number of benzene rings is 2. The first kappa shape index (κ1) is 15.8. The normalized spacial score (nSPS) is 10.0. The third-order valence-corrected chi connectivity index (χ3v) is 3.07. The molecule has 0 aliphatic rings. The maximum atomic E-state index is 11.8. The van der Waals surface area contributed by atoms with Crippen LogP contribution in [0, 0.1) is 10.1 Å². The molecule has 2 aromatic carbocycles. The van der Waals surface area contributed by atoms with E-state index in [1.165, 1.54) is 18.2 Å². The van der Waals surface area contributed by atoms with Gasteiger partial charge in [0.2, 0.25) is 0 Å². The lowest BCUT2D eigenvalue weighted by Crippen LogP contribution is -2.20. The molecule has 0 heterocycles. The topological polar surface area (TPSA) is 81.5 Å². The number of amides is 1. The predicted molar refractivity (Wildman–Crippen MR) is 83.2 cm³/mol. The van der Waals surface area contributed by atoms with Crippen molar-refractivity contribution < 1.29 is 14.5 Å². The molecule has 114 valence electrons. The summed E-state index contributed by atoms with van der Waals surface area (Å²) in [4.78, 5) is 21.9. The van der Waals surface area contributed by atoms with E-state index in [-0.39, 0.29) is 12.3 Å². The molecule has 0 saturated carbocycles. The molecular formula is C15H13ClN2O4. The fourth-order valence-electron chi connectivity index (χ4n) is 1.76. The zero-order valence-electron chi connectivity index (χ0n) is 11.5. The van der Waals surface area contributed by atoms with Gasteiger partial charge in [-0.05, 0) is 23.8 Å². The van der Waals surface area contributed by atoms with Crippen molar-refractivity contribution in [1.29, 1.82) is 0 Å². The zero-order valence-corrected chi connectivity index (χ0v) is 12.2. The van der Waals surface area contributed by atoms with Gasteiger partial charge in [0, 0.05) is 23.7 Å². The molecule has 7 heteroatoms. The minimum absolute atomic E-state index is 0.0893. The van der Waals surface area contributed by atoms with E-state index in [2.05, 4.69) is 5.32 Å². The SMILES string of the molecule is O=C(COc1cccc(CCl)c1)Nc1cccc([N+](=O)[O-])c1. The van der Waals surface area contributed by atoms with Crippen LogP contribution in [-0.2, 0) is 10.7 Å². The second kappa shape index (κ2) is 7.42. The van der Waals surface area contributed by atoms with E-state index < -0.39 is 10.8 Å². The largest absolute Gasteiger partial charge is 0.484 e. The Kier molecular flexibility index (Phi) is 5.32. The summed E-state index contributed by atoms with van der Waals surface area (Å²) in [6, 6.07) is 12.8. The molecule has 0 aliphatic carbocycles. The van der Waals surface area contributed by atoms with E-state index in [4.69, 9.17) is 16.3 Å². The van der Waals surface area contributed by atoms with Gasteiger partial charge in [0.1, 0.15) is 5.75 Å². The second-order valence-corrected chi connectivity index (χ2v) is 4.69. The number of rotatable bonds is 6. The molecule has 22 heavy (non-hydrogen) atoms. The summed E-state index contributed by atoms with van der Waals surface area (Å²) in [5.41, 5.74) is 1.14. The minimum Gasteiger partial charge on any atom is -0.484 e. The maximum absolute atomic E-state index is 11.8. The molecule has 0 unspecified atom stereocenters. The van der Waals surface area contributed by atoms with E-state index in [1.54, 1.807) is 24.3 Å². The molecule has 2 aromatic rings. The Balaban J connectivity index is 1.92. The molecule has 0 radical (unpaired) electrons. The Labute approximate surface area is 131 Å². The van der Waals surface area contributed by atoms with Gasteiger partial charge in [-0.2, -0.15) is 0 Å². The van der Waals surface area contributed by atoms with Gasteiger partial charge < -0.3 is 10.1 Å². The summed E-state index contributed by atoms with van der Waals surface area (Å²) in [5.74, 6) is 0.487. The van der Waals surface area contributed by atoms with Crippen molar-refractivity contribution in [1.82, 2.24) is 0 Å². The van der Waals surface area contributed by atoms with E-state index in [0.29, 0.717) is 17.3 Å². The average molecular weight is 321 g/mol. The number of hydrogen-bond donors (Lipinski definition) is 1. The predicted octanol–water partition coefficient (Wildman–Crippen LogP) is 3.35. The van der Waals surface area contributed by atoms with Crippen molar-refractivity contribution in [3.05, 3.63) is 64.2 Å². The van der Waals surface area contributed by atoms with Gasteiger partial charge in [-0.15, -0.1) is 11.6 Å². The summed E-state index contributed by atoms with van der Waals surface area (Å²) >= 11 is 5.72. The number of nitro benzene ring substituents is 1. The van der Waals surface area contributed by atoms with Crippen LogP contribution in [0.2, 0.25) is 0 Å². The number of nitrogens with zero attached hydrogens (tertiary/aromatic N) is 1. The highest BCUT2D eigenvalue weighted by molar-refractivity contribution is 6.17. The summed E-state index contributed by atoms with van der Waals surface area (Å²) in [6.07, 6.45) is 0. The Hall–Kier alpha value is -2.60. The van der Waals surface area contributed by atoms with Crippen molar-refractivity contribution in [2.45, 2.75) is 5.88 Å². The fourth-order valence-corrected chi connectivity index (χ4v) is 1.93. The minimum atomic E-state index is -0.524. The first-order chi connectivity index (χ1) is 10.6. The van der Waals surface area contributed by atoms with Gasteiger partial charge in [0.05, 0.1) is 4.92 Å². The van der Waals surface area contributed by atoms with Crippen LogP contribution < -0.4 is 10.1 Å². The van der Waals surface area contributed by atoms with Crippen molar-refractivity contribution >= 4 is 28.9 Å². The van der Waals surface area contributed by atoms with Crippen LogP contribution in [0.15, 0.2) is 48.5 Å². The third kappa shape index (κ3) is 4.46. The summed E-state index contributed by atoms with van der Waals surface area (Å²) in [6.45, 7) is -0.200. The molecule has 0 saturated heterocycles. The highest BCUT2D eigenvalue weighted by Gasteiger charge is 2.08. The van der Waals surface area contributed by atoms with Crippen LogP contribution >= 0.6 is 11.6 Å². The maximum Gasteiger partial charge on any atom is 0.271 e. The van der Waals surface area contributed by atoms with E-state index in [1.807, 2.05) is 6.07 Å². The van der Waals surface area contributed by atoms with Crippen molar-refractivity contribution in [2.24, 2.45) is 0 Å². The number of non-ortho nitro benzene ring substituents is 1. The molecule has 0 aliphatic heterocycles. The fraction of sp³-hybridized carbons (Fsp3) is 0.133. The molecule has 2 rings (SSSR count). The van der Waals surface area contributed by atoms with Crippen molar-refractivity contribution in [3.63, 3.8) is 0 Å². The van der Waals surface area contributed by atoms with Crippen molar-refractivity contribution in [2.75, 3.05) is 11.9 Å². The lowest BCUT2D eigenvalue weighted by molar-refractivity contribution is -0.384. The van der Waals surface area contributed by atoms with Crippen LogP contribution in [0.25, 0.3) is 0 Å². The molecule has 0 fully saturated rings. The molecule has 1 N–H and O–H groups in total. The number of anilines is 1. The molecule has 6 nitrogen and oxygen atoms in total. The summed E-state index contributed by atoms with van der Waals surface area (Å²) in [7, 11) is 0. The molecule has 0 atom stereocenters. The van der Waals surface area contributed by atoms with Crippen molar-refractivity contribution in [3.8, 4) is 5.75 Å². The summed E-state index contributed by atoms with van der Waals surface area (Å²) < 4.78 is 5.36. The number of alkyl halides is 1. The molecule has 0 bridgehead atoms. The van der Waals surface area contributed by atoms with Crippen LogP contribution in [0.1, 0.15) is 5.56 Å². The van der Waals surface area contributed by atoms with Gasteiger partial charge in [-0.3, -0.25) is 14.9 Å². The highest BCUT2D eigenvalue weighted by Crippen LogP contribution is 2.17. The number of nitro groups is 1. The van der Waals surface area contributed by atoms with Gasteiger partial charge in [0.15, 0.2) is 6.61 Å². The Morgan fingerprint density at radius 2 is 2.00 bits per heavy atom. The third-order valence-electron chi connectivity index (χ3n) is 2.76. The van der Waals surface area contributed by atoms with E-state index >= 15 is 0 Å². The van der Waals surface area contributed by atoms with Gasteiger partial charge in [-0.25, -0.2) is 0 Å². The molecule has 0 aromatic heterocycles. The van der Waals surface area contributed by atoms with Gasteiger partial charge in [-0.1, -0.05) is 18.2 Å². The standard InChI is InChI=1S/C15H13ClN2O4/c16-9-11-3-1-6-14(7-11)22-10-15(19)17-12-4-2-5-13(8-12)18(20)21/h1-8H,9-10H2,(H,17,19). The lowest BCUT2D eigenvalue weighted by atomic mass is 10.2. The highest BCUT2D eigenvalue weighted by atomic mass is 35.5. The number of halogens is 1. The summed E-state index contributed by atoms with van der Waals surface area (Å²) in [5, 5.41) is 13.2. The lowest BCUT2D eigenvalue weighted by Gasteiger charge is -2.08. The Morgan fingerprint density at radius 3 is 2.73 bits per heavy atom. The smallest absolute Gasteiger partial charge is 0.271 e. The first-order valence-corrected chi connectivity index (χ1v) is 6.94. The monoisotopic (exact) mass is 320 g/mol. The van der Waals surface area contributed by atoms with Crippen LogP contribution in [0.4, 0.5) is 11.4 Å². The Morgan fingerprint density at radius 1 is 1.23 bits per heavy atom. The number of nitrogens with one attached hydrogen (secondary N) is 1. The van der Waals surface area contributed by atoms with E-state index in [9.17, 15) is 14.9 Å². The number of hydrogen-bond acceptors (Lipinski definition) is 4. The van der Waals surface area contributed by atoms with Gasteiger partial charge in [0.25, 0.3) is 11.6 Å². The number of ether oxygens (including phenoxy) is 1. The molecule has 0 spiro atoms. The molecule has 1 amide bonds. The number of carbonyl (C=O) groups is 1. The molecular weight excluding hydrogens is 308 g/mol. The Bertz CT molecular complexity index is 691. The quantitative estimate of drug-likeness (QED) is 0.502. The van der Waals surface area contributed by atoms with Crippen LogP contribution in [0.3, 0.4) is 0 Å². The second-order valence-electron chi connectivity index (χ2n) is 4.43. The van der Waals surface area contributed by atoms with Gasteiger partial charge >= 0.3 is 0 Å². The average Bonchev–Trinajstić information content (AvgIpc) is 2.53.